The second-order valence-electron chi connectivity index (χ2n) is 3.13. The van der Waals surface area contributed by atoms with Crippen molar-refractivity contribution < 1.29 is 9.53 Å². The molecular weight excluding hydrogens is 154 g/mol. The average Bonchev–Trinajstić information content (AvgIpc) is 2.09. The zero-order valence-corrected chi connectivity index (χ0v) is 7.54. The monoisotopic (exact) mass is 169 g/mol. The molecule has 1 aliphatic rings. The number of carbonyl (C=O) groups is 1. The second kappa shape index (κ2) is 4.14. The predicted molar refractivity (Wildman–Crippen MR) is 46.9 cm³/mol. The van der Waals surface area contributed by atoms with Crippen molar-refractivity contribution in [3.05, 3.63) is 12.2 Å². The lowest BCUT2D eigenvalue weighted by molar-refractivity contribution is 0.112. The van der Waals surface area contributed by atoms with Gasteiger partial charge in [0.2, 0.25) is 0 Å². The van der Waals surface area contributed by atoms with Crippen LogP contribution in [0.4, 0.5) is 4.79 Å². The van der Waals surface area contributed by atoms with Crippen molar-refractivity contribution in [2.75, 3.05) is 7.05 Å². The van der Waals surface area contributed by atoms with Crippen LogP contribution in [0.5, 0.6) is 0 Å². The number of alkyl carbamates (subject to hydrolysis) is 1. The summed E-state index contributed by atoms with van der Waals surface area (Å²) < 4.78 is 5.05. The molecule has 3 nitrogen and oxygen atoms in total. The molecular formula is C9H15NO2. The highest BCUT2D eigenvalue weighted by Crippen LogP contribution is 2.18. The van der Waals surface area contributed by atoms with E-state index in [9.17, 15) is 4.79 Å². The Kier molecular flexibility index (Phi) is 3.14. The van der Waals surface area contributed by atoms with Crippen molar-refractivity contribution in [1.82, 2.24) is 5.32 Å². The Morgan fingerprint density at radius 3 is 2.75 bits per heavy atom. The van der Waals surface area contributed by atoms with Crippen molar-refractivity contribution in [2.45, 2.75) is 25.9 Å². The summed E-state index contributed by atoms with van der Waals surface area (Å²) in [5.74, 6) is 0.620. The van der Waals surface area contributed by atoms with Gasteiger partial charge < -0.3 is 10.1 Å². The van der Waals surface area contributed by atoms with Crippen LogP contribution in [0.2, 0.25) is 0 Å². The Balaban J connectivity index is 2.35. The van der Waals surface area contributed by atoms with Gasteiger partial charge in [0.15, 0.2) is 0 Å². The minimum Gasteiger partial charge on any atom is -0.442 e. The number of allylic oxidation sites excluding steroid dienone is 1. The Bertz CT molecular complexity index is 189. The van der Waals surface area contributed by atoms with E-state index in [1.807, 2.05) is 6.08 Å². The van der Waals surface area contributed by atoms with E-state index >= 15 is 0 Å². The van der Waals surface area contributed by atoms with Crippen LogP contribution in [0.1, 0.15) is 19.8 Å². The van der Waals surface area contributed by atoms with Crippen LogP contribution in [0.25, 0.3) is 0 Å². The molecule has 0 bridgehead atoms. The SMILES string of the molecule is CNC(=O)OC1C=CC(C)CC1. The number of hydrogen-bond acceptors (Lipinski definition) is 2. The molecule has 68 valence electrons. The Morgan fingerprint density at radius 1 is 1.50 bits per heavy atom. The standard InChI is InChI=1S/C9H15NO2/c1-7-3-5-8(6-4-7)12-9(11)10-2/h3,5,7-8H,4,6H2,1-2H3,(H,10,11). The normalized spacial score (nSPS) is 28.2. The number of nitrogens with one attached hydrogen (secondary N) is 1. The summed E-state index contributed by atoms with van der Waals surface area (Å²) in [6.07, 6.45) is 5.71. The first kappa shape index (κ1) is 9.10. The zero-order valence-electron chi connectivity index (χ0n) is 7.54. The predicted octanol–water partition coefficient (Wildman–Crippen LogP) is 1.70. The van der Waals surface area contributed by atoms with Gasteiger partial charge >= 0.3 is 6.09 Å². The van der Waals surface area contributed by atoms with Gasteiger partial charge in [-0.25, -0.2) is 4.79 Å². The molecule has 0 aromatic carbocycles. The molecule has 2 atom stereocenters. The van der Waals surface area contributed by atoms with Crippen LogP contribution < -0.4 is 5.32 Å². The fourth-order valence-corrected chi connectivity index (χ4v) is 1.23. The van der Waals surface area contributed by atoms with Gasteiger partial charge in [-0.2, -0.15) is 0 Å². The molecule has 12 heavy (non-hydrogen) atoms. The van der Waals surface area contributed by atoms with Crippen LogP contribution in [0.15, 0.2) is 12.2 Å². The summed E-state index contributed by atoms with van der Waals surface area (Å²) in [6.45, 7) is 2.16. The van der Waals surface area contributed by atoms with E-state index < -0.39 is 0 Å². The third-order valence-electron chi connectivity index (χ3n) is 2.02. The lowest BCUT2D eigenvalue weighted by Crippen LogP contribution is -2.26. The van der Waals surface area contributed by atoms with Gasteiger partial charge in [0, 0.05) is 7.05 Å². The van der Waals surface area contributed by atoms with Crippen LogP contribution in [0, 0.1) is 5.92 Å². The van der Waals surface area contributed by atoms with Crippen LogP contribution in [-0.4, -0.2) is 19.2 Å². The molecule has 0 heterocycles. The van der Waals surface area contributed by atoms with E-state index in [-0.39, 0.29) is 12.2 Å². The van der Waals surface area contributed by atoms with Crippen LogP contribution in [-0.2, 0) is 4.74 Å². The van der Waals surface area contributed by atoms with Gasteiger partial charge in [-0.15, -0.1) is 0 Å². The molecule has 2 unspecified atom stereocenters. The first-order valence-corrected chi connectivity index (χ1v) is 4.29. The molecule has 1 aliphatic carbocycles. The van der Waals surface area contributed by atoms with Gasteiger partial charge in [-0.3, -0.25) is 0 Å². The van der Waals surface area contributed by atoms with E-state index in [0.717, 1.165) is 12.8 Å². The molecule has 1 N–H and O–H groups in total. The number of amides is 1. The maximum absolute atomic E-state index is 10.8. The van der Waals surface area contributed by atoms with E-state index in [4.69, 9.17) is 4.74 Å². The van der Waals surface area contributed by atoms with Gasteiger partial charge in [0.05, 0.1) is 0 Å². The third kappa shape index (κ3) is 2.57. The highest BCUT2D eigenvalue weighted by atomic mass is 16.6. The van der Waals surface area contributed by atoms with Crippen molar-refractivity contribution in [3.63, 3.8) is 0 Å². The van der Waals surface area contributed by atoms with Crippen molar-refractivity contribution >= 4 is 6.09 Å². The second-order valence-corrected chi connectivity index (χ2v) is 3.13. The molecule has 1 rings (SSSR count). The largest absolute Gasteiger partial charge is 0.442 e. The summed E-state index contributed by atoms with van der Waals surface area (Å²) in [7, 11) is 1.57. The quantitative estimate of drug-likeness (QED) is 0.607. The summed E-state index contributed by atoms with van der Waals surface area (Å²) in [5.41, 5.74) is 0. The number of carbonyl (C=O) groups excluding carboxylic acids is 1. The lowest BCUT2D eigenvalue weighted by Gasteiger charge is -2.19. The van der Waals surface area contributed by atoms with Crippen molar-refractivity contribution in [2.24, 2.45) is 5.92 Å². The van der Waals surface area contributed by atoms with E-state index in [1.165, 1.54) is 0 Å². The Hall–Kier alpha value is -0.990. The molecule has 0 spiro atoms. The van der Waals surface area contributed by atoms with Crippen LogP contribution in [0.3, 0.4) is 0 Å². The van der Waals surface area contributed by atoms with Crippen LogP contribution >= 0.6 is 0 Å². The maximum Gasteiger partial charge on any atom is 0.407 e. The van der Waals surface area contributed by atoms with Crippen molar-refractivity contribution in [1.29, 1.82) is 0 Å². The molecule has 0 saturated carbocycles. The molecule has 3 heteroatoms. The van der Waals surface area contributed by atoms with E-state index in [2.05, 4.69) is 18.3 Å². The number of rotatable bonds is 1. The van der Waals surface area contributed by atoms with E-state index in [0.29, 0.717) is 5.92 Å². The minimum absolute atomic E-state index is 0.0267. The highest BCUT2D eigenvalue weighted by molar-refractivity contribution is 5.67. The zero-order chi connectivity index (χ0) is 8.97. The fourth-order valence-electron chi connectivity index (χ4n) is 1.23. The molecule has 0 aromatic rings. The molecule has 0 saturated heterocycles. The van der Waals surface area contributed by atoms with Crippen molar-refractivity contribution in [3.8, 4) is 0 Å². The topological polar surface area (TPSA) is 38.3 Å². The summed E-state index contributed by atoms with van der Waals surface area (Å²) in [5, 5.41) is 2.43. The van der Waals surface area contributed by atoms with E-state index in [1.54, 1.807) is 7.05 Å². The molecule has 0 radical (unpaired) electrons. The smallest absolute Gasteiger partial charge is 0.407 e. The summed E-state index contributed by atoms with van der Waals surface area (Å²) in [4.78, 5) is 10.8. The minimum atomic E-state index is -0.348. The molecule has 1 amide bonds. The number of ether oxygens (including phenoxy) is 1. The Morgan fingerprint density at radius 2 is 2.25 bits per heavy atom. The summed E-state index contributed by atoms with van der Waals surface area (Å²) in [6, 6.07) is 0. The Labute approximate surface area is 72.8 Å². The maximum atomic E-state index is 10.8. The van der Waals surface area contributed by atoms with Gasteiger partial charge in [-0.1, -0.05) is 13.0 Å². The number of hydrogen-bond donors (Lipinski definition) is 1. The van der Waals surface area contributed by atoms with Gasteiger partial charge in [0.25, 0.3) is 0 Å². The highest BCUT2D eigenvalue weighted by Gasteiger charge is 2.15. The average molecular weight is 169 g/mol. The van der Waals surface area contributed by atoms with Gasteiger partial charge in [-0.05, 0) is 24.8 Å². The molecule has 0 aliphatic heterocycles. The first-order valence-electron chi connectivity index (χ1n) is 4.29. The first-order chi connectivity index (χ1) is 5.72. The molecule has 0 aromatic heterocycles. The summed E-state index contributed by atoms with van der Waals surface area (Å²) >= 11 is 0. The lowest BCUT2D eigenvalue weighted by atomic mass is 9.96. The molecule has 0 fully saturated rings. The fraction of sp³-hybridized carbons (Fsp3) is 0.667. The van der Waals surface area contributed by atoms with Gasteiger partial charge in [0.1, 0.15) is 6.10 Å². The third-order valence-corrected chi connectivity index (χ3v) is 2.02.